The summed E-state index contributed by atoms with van der Waals surface area (Å²) in [5, 5.41) is 12.5. The zero-order valence-corrected chi connectivity index (χ0v) is 19.5. The molecule has 0 saturated heterocycles. The highest BCUT2D eigenvalue weighted by atomic mass is 32.2. The van der Waals surface area contributed by atoms with Crippen molar-refractivity contribution in [2.75, 3.05) is 18.2 Å². The summed E-state index contributed by atoms with van der Waals surface area (Å²) >= 11 is 1.43. The fourth-order valence-corrected chi connectivity index (χ4v) is 4.18. The molecule has 0 saturated carbocycles. The van der Waals surface area contributed by atoms with E-state index in [1.807, 2.05) is 44.2 Å². The third-order valence-corrected chi connectivity index (χ3v) is 6.10. The van der Waals surface area contributed by atoms with Crippen LogP contribution in [-0.2, 0) is 24.2 Å². The van der Waals surface area contributed by atoms with Gasteiger partial charge in [0.25, 0.3) is 0 Å². The van der Waals surface area contributed by atoms with Gasteiger partial charge in [-0.3, -0.25) is 4.79 Å². The van der Waals surface area contributed by atoms with Crippen LogP contribution in [-0.4, -0.2) is 33.5 Å². The van der Waals surface area contributed by atoms with Gasteiger partial charge >= 0.3 is 0 Å². The van der Waals surface area contributed by atoms with Gasteiger partial charge in [-0.1, -0.05) is 36.0 Å². The van der Waals surface area contributed by atoms with Gasteiger partial charge in [-0.25, -0.2) is 0 Å². The molecule has 3 aromatic rings. The molecule has 0 fully saturated rings. The van der Waals surface area contributed by atoms with E-state index >= 15 is 0 Å². The molecular formula is C24H30N4O2S. The van der Waals surface area contributed by atoms with Gasteiger partial charge in [0.15, 0.2) is 5.16 Å². The van der Waals surface area contributed by atoms with Crippen LogP contribution in [0.2, 0.25) is 0 Å². The largest absolute Gasteiger partial charge is 0.497 e. The van der Waals surface area contributed by atoms with E-state index in [1.54, 1.807) is 7.11 Å². The Morgan fingerprint density at radius 2 is 1.87 bits per heavy atom. The van der Waals surface area contributed by atoms with E-state index in [9.17, 15) is 4.79 Å². The van der Waals surface area contributed by atoms with Gasteiger partial charge in [0.1, 0.15) is 11.6 Å². The number of benzene rings is 2. The number of carbonyl (C=O) groups is 1. The molecular weight excluding hydrogens is 408 g/mol. The zero-order valence-electron chi connectivity index (χ0n) is 18.6. The number of anilines is 1. The molecule has 0 spiro atoms. The molecule has 0 radical (unpaired) electrons. The Hall–Kier alpha value is -2.80. The van der Waals surface area contributed by atoms with E-state index in [2.05, 4.69) is 39.1 Å². The van der Waals surface area contributed by atoms with Gasteiger partial charge in [-0.2, -0.15) is 0 Å². The minimum Gasteiger partial charge on any atom is -0.497 e. The van der Waals surface area contributed by atoms with Crippen molar-refractivity contribution in [1.82, 2.24) is 14.8 Å². The van der Waals surface area contributed by atoms with Gasteiger partial charge in [0.2, 0.25) is 5.91 Å². The van der Waals surface area contributed by atoms with Gasteiger partial charge < -0.3 is 14.6 Å². The van der Waals surface area contributed by atoms with Gasteiger partial charge in [-0.15, -0.1) is 10.2 Å². The maximum Gasteiger partial charge on any atom is 0.234 e. The van der Waals surface area contributed by atoms with Crippen molar-refractivity contribution in [1.29, 1.82) is 0 Å². The first-order chi connectivity index (χ1) is 15.0. The second-order valence-electron chi connectivity index (χ2n) is 7.50. The Morgan fingerprint density at radius 1 is 1.10 bits per heavy atom. The summed E-state index contributed by atoms with van der Waals surface area (Å²) in [7, 11) is 1.68. The molecule has 1 heterocycles. The molecule has 164 valence electrons. The fourth-order valence-electron chi connectivity index (χ4n) is 3.36. The van der Waals surface area contributed by atoms with Crippen LogP contribution in [0.4, 0.5) is 5.69 Å². The molecule has 1 N–H and O–H groups in total. The monoisotopic (exact) mass is 438 g/mol. The number of hydrogen-bond donors (Lipinski definition) is 1. The number of methoxy groups -OCH3 is 1. The molecule has 0 atom stereocenters. The predicted molar refractivity (Wildman–Crippen MR) is 126 cm³/mol. The van der Waals surface area contributed by atoms with Crippen LogP contribution in [0.1, 0.15) is 35.9 Å². The third-order valence-electron chi connectivity index (χ3n) is 5.13. The Kier molecular flexibility index (Phi) is 8.12. The number of hydrogen-bond acceptors (Lipinski definition) is 5. The Labute approximate surface area is 188 Å². The highest BCUT2D eigenvalue weighted by molar-refractivity contribution is 7.99. The number of carbonyl (C=O) groups excluding carboxylic acids is 1. The molecule has 0 unspecified atom stereocenters. The topological polar surface area (TPSA) is 69.0 Å². The van der Waals surface area contributed by atoms with Crippen molar-refractivity contribution in [3.63, 3.8) is 0 Å². The number of nitrogens with zero attached hydrogens (tertiary/aromatic N) is 3. The fraction of sp³-hybridized carbons (Fsp3) is 0.375. The van der Waals surface area contributed by atoms with Crippen LogP contribution in [0.25, 0.3) is 0 Å². The standard InChI is InChI=1S/C24H30N4O2S/c1-5-28-22(8-6-7-19-11-13-20(30-4)14-12-19)26-27-24(28)31-16-23(29)25-21-15-17(2)9-10-18(21)3/h9-15H,5-8,16H2,1-4H3,(H,25,29). The average Bonchev–Trinajstić information content (AvgIpc) is 3.17. The highest BCUT2D eigenvalue weighted by Crippen LogP contribution is 2.21. The molecule has 0 aliphatic rings. The first kappa shape index (κ1) is 22.9. The number of thioether (sulfide) groups is 1. The Balaban J connectivity index is 1.52. The predicted octanol–water partition coefficient (Wildman–Crippen LogP) is 4.83. The lowest BCUT2D eigenvalue weighted by atomic mass is 10.1. The summed E-state index contributed by atoms with van der Waals surface area (Å²) in [5.74, 6) is 2.11. The molecule has 1 aromatic heterocycles. The molecule has 7 heteroatoms. The molecule has 6 nitrogen and oxygen atoms in total. The second kappa shape index (κ2) is 11.0. The van der Waals surface area contributed by atoms with Crippen molar-refractivity contribution in [3.05, 3.63) is 65.0 Å². The first-order valence-corrected chi connectivity index (χ1v) is 11.5. The Bertz CT molecular complexity index is 1010. The molecule has 1 amide bonds. The van der Waals surface area contributed by atoms with E-state index < -0.39 is 0 Å². The summed E-state index contributed by atoms with van der Waals surface area (Å²) in [4.78, 5) is 12.4. The number of nitrogens with one attached hydrogen (secondary N) is 1. The normalized spacial score (nSPS) is 10.8. The van der Waals surface area contributed by atoms with Crippen LogP contribution in [0.5, 0.6) is 5.75 Å². The number of amides is 1. The van der Waals surface area contributed by atoms with Crippen LogP contribution in [0, 0.1) is 13.8 Å². The smallest absolute Gasteiger partial charge is 0.234 e. The minimum absolute atomic E-state index is 0.0367. The highest BCUT2D eigenvalue weighted by Gasteiger charge is 2.14. The van der Waals surface area contributed by atoms with E-state index in [0.29, 0.717) is 5.75 Å². The minimum atomic E-state index is -0.0367. The van der Waals surface area contributed by atoms with Crippen molar-refractivity contribution in [2.45, 2.75) is 51.7 Å². The van der Waals surface area contributed by atoms with Gasteiger partial charge in [0.05, 0.1) is 12.9 Å². The number of aromatic nitrogens is 3. The third kappa shape index (κ3) is 6.34. The molecule has 0 aliphatic heterocycles. The van der Waals surface area contributed by atoms with Crippen molar-refractivity contribution in [3.8, 4) is 5.75 Å². The van der Waals surface area contributed by atoms with Crippen LogP contribution >= 0.6 is 11.8 Å². The molecule has 31 heavy (non-hydrogen) atoms. The molecule has 0 bridgehead atoms. The summed E-state index contributed by atoms with van der Waals surface area (Å²) in [6.45, 7) is 6.88. The summed E-state index contributed by atoms with van der Waals surface area (Å²) in [6.07, 6.45) is 2.81. The van der Waals surface area contributed by atoms with E-state index in [1.165, 1.54) is 17.3 Å². The van der Waals surface area contributed by atoms with Crippen LogP contribution < -0.4 is 10.1 Å². The maximum absolute atomic E-state index is 12.4. The van der Waals surface area contributed by atoms with Crippen molar-refractivity contribution in [2.24, 2.45) is 0 Å². The number of aryl methyl sites for hydroxylation is 4. The van der Waals surface area contributed by atoms with E-state index in [4.69, 9.17) is 4.74 Å². The summed E-state index contributed by atoms with van der Waals surface area (Å²) < 4.78 is 7.31. The SMILES string of the molecule is CCn1c(CCCc2ccc(OC)cc2)nnc1SCC(=O)Nc1cc(C)ccc1C. The van der Waals surface area contributed by atoms with Gasteiger partial charge in [0, 0.05) is 18.7 Å². The summed E-state index contributed by atoms with van der Waals surface area (Å²) in [6, 6.07) is 14.2. The maximum atomic E-state index is 12.4. The van der Waals surface area contributed by atoms with E-state index in [-0.39, 0.29) is 5.91 Å². The van der Waals surface area contributed by atoms with Crippen LogP contribution in [0.15, 0.2) is 47.6 Å². The van der Waals surface area contributed by atoms with Crippen molar-refractivity contribution < 1.29 is 9.53 Å². The lowest BCUT2D eigenvalue weighted by molar-refractivity contribution is -0.113. The van der Waals surface area contributed by atoms with E-state index in [0.717, 1.165) is 59.4 Å². The van der Waals surface area contributed by atoms with Crippen molar-refractivity contribution >= 4 is 23.4 Å². The lowest BCUT2D eigenvalue weighted by Crippen LogP contribution is -2.15. The number of rotatable bonds is 10. The van der Waals surface area contributed by atoms with Crippen LogP contribution in [0.3, 0.4) is 0 Å². The Morgan fingerprint density at radius 3 is 2.58 bits per heavy atom. The molecule has 0 aliphatic carbocycles. The lowest BCUT2D eigenvalue weighted by Gasteiger charge is -2.10. The second-order valence-corrected chi connectivity index (χ2v) is 8.44. The zero-order chi connectivity index (χ0) is 22.2. The first-order valence-electron chi connectivity index (χ1n) is 10.5. The van der Waals surface area contributed by atoms with Gasteiger partial charge in [-0.05, 0) is 68.5 Å². The number of ether oxygens (including phenoxy) is 1. The molecule has 2 aromatic carbocycles. The summed E-state index contributed by atoms with van der Waals surface area (Å²) in [5.41, 5.74) is 4.32. The molecule has 3 rings (SSSR count). The average molecular weight is 439 g/mol. The quantitative estimate of drug-likeness (QED) is 0.459.